The minimum absolute atomic E-state index is 0.167. The van der Waals surface area contributed by atoms with Gasteiger partial charge in [-0.2, -0.15) is 0 Å². The van der Waals surface area contributed by atoms with Crippen LogP contribution in [0.2, 0.25) is 0 Å². The van der Waals surface area contributed by atoms with Crippen molar-refractivity contribution >= 4 is 11.9 Å². The van der Waals surface area contributed by atoms with Crippen LogP contribution in [0.25, 0.3) is 0 Å². The Balaban J connectivity index is 2.48. The topological polar surface area (TPSA) is 52.6 Å². The standard InChI is InChI=1S/C8H10O4/c1-3-7(9)12-6-4-5(2)11-8(6)10/h3,5-6H,1,4H2,2H3. The smallest absolute Gasteiger partial charge is 0.347 e. The van der Waals surface area contributed by atoms with E-state index in [1.54, 1.807) is 6.92 Å². The summed E-state index contributed by atoms with van der Waals surface area (Å²) in [6.45, 7) is 4.97. The fraction of sp³-hybridized carbons (Fsp3) is 0.500. The van der Waals surface area contributed by atoms with E-state index in [-0.39, 0.29) is 6.10 Å². The average Bonchev–Trinajstić information content (AvgIpc) is 2.30. The minimum atomic E-state index is -0.745. The van der Waals surface area contributed by atoms with Crippen molar-refractivity contribution in [1.82, 2.24) is 0 Å². The largest absolute Gasteiger partial charge is 0.460 e. The quantitative estimate of drug-likeness (QED) is 0.445. The fourth-order valence-corrected chi connectivity index (χ4v) is 1.00. The Morgan fingerprint density at radius 3 is 2.92 bits per heavy atom. The Bertz CT molecular complexity index is 221. The summed E-state index contributed by atoms with van der Waals surface area (Å²) in [5, 5.41) is 0. The Hall–Kier alpha value is -1.32. The van der Waals surface area contributed by atoms with Crippen LogP contribution in [-0.4, -0.2) is 24.1 Å². The highest BCUT2D eigenvalue weighted by atomic mass is 16.6. The summed E-state index contributed by atoms with van der Waals surface area (Å²) in [6.07, 6.45) is 0.542. The normalized spacial score (nSPS) is 27.9. The lowest BCUT2D eigenvalue weighted by atomic mass is 10.2. The zero-order valence-corrected chi connectivity index (χ0v) is 6.78. The van der Waals surface area contributed by atoms with E-state index in [1.165, 1.54) is 0 Å². The number of carbonyl (C=O) groups excluding carboxylic acids is 2. The van der Waals surface area contributed by atoms with Crippen molar-refractivity contribution in [3.8, 4) is 0 Å². The molecule has 2 unspecified atom stereocenters. The molecule has 0 amide bonds. The van der Waals surface area contributed by atoms with Crippen LogP contribution < -0.4 is 0 Å². The molecular weight excluding hydrogens is 160 g/mol. The summed E-state index contributed by atoms with van der Waals surface area (Å²) in [4.78, 5) is 21.6. The predicted octanol–water partition coefficient (Wildman–Crippen LogP) is 0.420. The van der Waals surface area contributed by atoms with Crippen molar-refractivity contribution in [3.63, 3.8) is 0 Å². The summed E-state index contributed by atoms with van der Waals surface area (Å²) < 4.78 is 9.48. The van der Waals surface area contributed by atoms with Gasteiger partial charge in [-0.3, -0.25) is 0 Å². The van der Waals surface area contributed by atoms with Crippen molar-refractivity contribution in [2.75, 3.05) is 0 Å². The van der Waals surface area contributed by atoms with Crippen LogP contribution in [0, 0.1) is 0 Å². The van der Waals surface area contributed by atoms with Gasteiger partial charge >= 0.3 is 11.9 Å². The first-order valence-electron chi connectivity index (χ1n) is 3.67. The molecule has 0 aromatic carbocycles. The van der Waals surface area contributed by atoms with Crippen LogP contribution in [0.15, 0.2) is 12.7 Å². The lowest BCUT2D eigenvalue weighted by molar-refractivity contribution is -0.157. The molecule has 4 heteroatoms. The maximum atomic E-state index is 10.9. The van der Waals surface area contributed by atoms with Crippen molar-refractivity contribution in [2.24, 2.45) is 0 Å². The first-order chi connectivity index (χ1) is 5.63. The molecule has 1 aliphatic heterocycles. The number of hydrogen-bond donors (Lipinski definition) is 0. The predicted molar refractivity (Wildman–Crippen MR) is 40.2 cm³/mol. The fourth-order valence-electron chi connectivity index (χ4n) is 1.00. The SMILES string of the molecule is C=CC(=O)OC1CC(C)OC1=O. The van der Waals surface area contributed by atoms with Gasteiger partial charge in [0.2, 0.25) is 6.10 Å². The van der Waals surface area contributed by atoms with Gasteiger partial charge in [0.1, 0.15) is 6.10 Å². The van der Waals surface area contributed by atoms with Gasteiger partial charge in [-0.1, -0.05) is 6.58 Å². The van der Waals surface area contributed by atoms with Gasteiger partial charge in [0.25, 0.3) is 0 Å². The molecule has 0 aromatic heterocycles. The molecular formula is C8H10O4. The maximum absolute atomic E-state index is 10.9. The Morgan fingerprint density at radius 1 is 1.83 bits per heavy atom. The number of hydrogen-bond acceptors (Lipinski definition) is 4. The van der Waals surface area contributed by atoms with Gasteiger partial charge in [0.15, 0.2) is 0 Å². The summed E-state index contributed by atoms with van der Waals surface area (Å²) in [6, 6.07) is 0. The van der Waals surface area contributed by atoms with Crippen LogP contribution in [0.1, 0.15) is 13.3 Å². The van der Waals surface area contributed by atoms with Crippen molar-refractivity contribution < 1.29 is 19.1 Å². The van der Waals surface area contributed by atoms with Crippen LogP contribution >= 0.6 is 0 Å². The number of cyclic esters (lactones) is 1. The van der Waals surface area contributed by atoms with E-state index in [4.69, 9.17) is 9.47 Å². The van der Waals surface area contributed by atoms with Gasteiger partial charge in [-0.25, -0.2) is 9.59 Å². The molecule has 0 radical (unpaired) electrons. The van der Waals surface area contributed by atoms with Crippen LogP contribution in [0.4, 0.5) is 0 Å². The van der Waals surface area contributed by atoms with Crippen LogP contribution in [-0.2, 0) is 19.1 Å². The van der Waals surface area contributed by atoms with Crippen molar-refractivity contribution in [3.05, 3.63) is 12.7 Å². The first-order valence-corrected chi connectivity index (χ1v) is 3.67. The van der Waals surface area contributed by atoms with E-state index in [1.807, 2.05) is 0 Å². The summed E-state index contributed by atoms with van der Waals surface area (Å²) >= 11 is 0. The van der Waals surface area contributed by atoms with E-state index in [0.717, 1.165) is 6.08 Å². The van der Waals surface area contributed by atoms with Gasteiger partial charge < -0.3 is 9.47 Å². The third-order valence-electron chi connectivity index (χ3n) is 1.55. The van der Waals surface area contributed by atoms with E-state index < -0.39 is 18.0 Å². The first kappa shape index (κ1) is 8.77. The second-order valence-electron chi connectivity index (χ2n) is 2.61. The third kappa shape index (κ3) is 1.84. The number of rotatable bonds is 2. The molecule has 1 heterocycles. The van der Waals surface area contributed by atoms with Gasteiger partial charge in [0, 0.05) is 12.5 Å². The zero-order chi connectivity index (χ0) is 9.14. The Labute approximate surface area is 70.1 Å². The van der Waals surface area contributed by atoms with E-state index in [9.17, 15) is 9.59 Å². The second-order valence-corrected chi connectivity index (χ2v) is 2.61. The summed E-state index contributed by atoms with van der Waals surface area (Å²) in [5.74, 6) is -1.07. The summed E-state index contributed by atoms with van der Waals surface area (Å²) in [5.41, 5.74) is 0. The Kier molecular flexibility index (Phi) is 2.47. The molecule has 1 aliphatic rings. The lowest BCUT2D eigenvalue weighted by Crippen LogP contribution is -2.21. The highest BCUT2D eigenvalue weighted by Crippen LogP contribution is 2.17. The van der Waals surface area contributed by atoms with Crippen molar-refractivity contribution in [1.29, 1.82) is 0 Å². The van der Waals surface area contributed by atoms with Crippen molar-refractivity contribution in [2.45, 2.75) is 25.6 Å². The molecule has 0 saturated carbocycles. The number of ether oxygens (including phenoxy) is 2. The van der Waals surface area contributed by atoms with Gasteiger partial charge in [-0.05, 0) is 6.92 Å². The highest BCUT2D eigenvalue weighted by Gasteiger charge is 2.34. The van der Waals surface area contributed by atoms with Crippen LogP contribution in [0.5, 0.6) is 0 Å². The summed E-state index contributed by atoms with van der Waals surface area (Å²) in [7, 11) is 0. The molecule has 0 aromatic rings. The van der Waals surface area contributed by atoms with E-state index in [0.29, 0.717) is 6.42 Å². The van der Waals surface area contributed by atoms with Crippen LogP contribution in [0.3, 0.4) is 0 Å². The molecule has 0 aliphatic carbocycles. The molecule has 1 saturated heterocycles. The maximum Gasteiger partial charge on any atom is 0.347 e. The molecule has 0 spiro atoms. The highest BCUT2D eigenvalue weighted by molar-refractivity contribution is 5.85. The third-order valence-corrected chi connectivity index (χ3v) is 1.55. The Morgan fingerprint density at radius 2 is 2.50 bits per heavy atom. The minimum Gasteiger partial charge on any atom is -0.460 e. The molecule has 4 nitrogen and oxygen atoms in total. The molecule has 1 rings (SSSR count). The van der Waals surface area contributed by atoms with Gasteiger partial charge in [0.05, 0.1) is 0 Å². The molecule has 0 N–H and O–H groups in total. The monoisotopic (exact) mass is 170 g/mol. The molecule has 1 fully saturated rings. The molecule has 0 bridgehead atoms. The molecule has 12 heavy (non-hydrogen) atoms. The van der Waals surface area contributed by atoms with Gasteiger partial charge in [-0.15, -0.1) is 0 Å². The number of esters is 2. The number of carbonyl (C=O) groups is 2. The average molecular weight is 170 g/mol. The zero-order valence-electron chi connectivity index (χ0n) is 6.78. The van der Waals surface area contributed by atoms with E-state index in [2.05, 4.69) is 6.58 Å². The van der Waals surface area contributed by atoms with E-state index >= 15 is 0 Å². The molecule has 2 atom stereocenters. The molecule has 66 valence electrons. The lowest BCUT2D eigenvalue weighted by Gasteiger charge is -2.04. The second kappa shape index (κ2) is 3.38.